The highest BCUT2D eigenvalue weighted by Crippen LogP contribution is 2.35. The lowest BCUT2D eigenvalue weighted by Gasteiger charge is -2.27. The fraction of sp³-hybridized carbons (Fsp3) is 0.306. The van der Waals surface area contributed by atoms with Gasteiger partial charge in [-0.3, -0.25) is 18.7 Å². The SMILES string of the molecule is CC(C)(C)OC(=O)CN(c1cccc2c(C(=O)CCc3ccccc3C(=O)N3CCOCC3)cccc12)S(=O)(=O)c1cc(Cl)cc(Cl)c1. The van der Waals surface area contributed by atoms with Crippen molar-refractivity contribution in [3.05, 3.63) is 106 Å². The molecule has 1 fully saturated rings. The third-order valence-corrected chi connectivity index (χ3v) is 9.93. The van der Waals surface area contributed by atoms with E-state index in [0.717, 1.165) is 9.87 Å². The highest BCUT2D eigenvalue weighted by Gasteiger charge is 2.31. The van der Waals surface area contributed by atoms with Crippen molar-refractivity contribution in [3.8, 4) is 0 Å². The maximum atomic E-state index is 14.2. The van der Waals surface area contributed by atoms with Gasteiger partial charge in [-0.05, 0) is 68.5 Å². The number of fused-ring (bicyclic) bond motifs is 1. The summed E-state index contributed by atoms with van der Waals surface area (Å²) in [4.78, 5) is 41.7. The van der Waals surface area contributed by atoms with E-state index < -0.39 is 28.1 Å². The molecule has 0 saturated carbocycles. The number of amides is 1. The number of benzene rings is 4. The normalized spacial score (nSPS) is 13.7. The van der Waals surface area contributed by atoms with Crippen LogP contribution < -0.4 is 4.31 Å². The Labute approximate surface area is 290 Å². The molecule has 48 heavy (non-hydrogen) atoms. The highest BCUT2D eigenvalue weighted by molar-refractivity contribution is 7.93. The standard InChI is InChI=1S/C36H36Cl2N2O7S/c1-36(2,3)47-34(42)23-40(48(44,45)27-21-25(37)20-26(38)22-27)32-13-7-10-29-30(32)11-6-12-31(29)33(41)15-14-24-8-4-5-9-28(24)35(43)39-16-18-46-19-17-39/h4-13,20-22H,14-19,23H2,1-3H3. The van der Waals surface area contributed by atoms with Crippen LogP contribution in [0.2, 0.25) is 10.0 Å². The van der Waals surface area contributed by atoms with Crippen molar-refractivity contribution in [1.82, 2.24) is 4.90 Å². The van der Waals surface area contributed by atoms with Crippen LogP contribution in [0.3, 0.4) is 0 Å². The minimum atomic E-state index is -4.41. The summed E-state index contributed by atoms with van der Waals surface area (Å²) in [6, 6.07) is 21.2. The first kappa shape index (κ1) is 35.3. The summed E-state index contributed by atoms with van der Waals surface area (Å²) in [5, 5.41) is 1.16. The molecule has 0 unspecified atom stereocenters. The van der Waals surface area contributed by atoms with Crippen LogP contribution in [0.15, 0.2) is 83.8 Å². The molecular formula is C36H36Cl2N2O7S. The molecule has 252 valence electrons. The largest absolute Gasteiger partial charge is 0.459 e. The summed E-state index contributed by atoms with van der Waals surface area (Å²) in [6.07, 6.45) is 0.438. The molecule has 0 bridgehead atoms. The number of morpholine rings is 1. The first-order valence-electron chi connectivity index (χ1n) is 15.4. The van der Waals surface area contributed by atoms with Gasteiger partial charge in [0.15, 0.2) is 5.78 Å². The molecule has 9 nitrogen and oxygen atoms in total. The molecule has 1 saturated heterocycles. The van der Waals surface area contributed by atoms with E-state index in [4.69, 9.17) is 32.7 Å². The zero-order valence-corrected chi connectivity index (χ0v) is 29.2. The summed E-state index contributed by atoms with van der Waals surface area (Å²) >= 11 is 12.3. The maximum absolute atomic E-state index is 14.2. The summed E-state index contributed by atoms with van der Waals surface area (Å²) in [5.74, 6) is -1.05. The summed E-state index contributed by atoms with van der Waals surface area (Å²) < 4.78 is 40.1. The van der Waals surface area contributed by atoms with Gasteiger partial charge in [0.1, 0.15) is 12.1 Å². The molecule has 1 aliphatic heterocycles. The van der Waals surface area contributed by atoms with Crippen LogP contribution in [-0.2, 0) is 30.7 Å². The predicted octanol–water partition coefficient (Wildman–Crippen LogP) is 6.97. The number of ether oxygens (including phenoxy) is 2. The Kier molecular flexibility index (Phi) is 10.8. The second-order valence-electron chi connectivity index (χ2n) is 12.4. The summed E-state index contributed by atoms with van der Waals surface area (Å²) in [7, 11) is -4.41. The van der Waals surface area contributed by atoms with Gasteiger partial charge in [0.2, 0.25) is 0 Å². The lowest BCUT2D eigenvalue weighted by atomic mass is 9.95. The van der Waals surface area contributed by atoms with Crippen molar-refractivity contribution < 1.29 is 32.3 Å². The molecule has 1 aliphatic rings. The molecule has 0 atom stereocenters. The van der Waals surface area contributed by atoms with Crippen LogP contribution in [-0.4, -0.2) is 69.4 Å². The first-order valence-corrected chi connectivity index (χ1v) is 17.6. The van der Waals surface area contributed by atoms with E-state index in [1.54, 1.807) is 74.2 Å². The predicted molar refractivity (Wildman–Crippen MR) is 187 cm³/mol. The van der Waals surface area contributed by atoms with Gasteiger partial charge in [0.05, 0.1) is 23.8 Å². The molecule has 0 radical (unpaired) electrons. The van der Waals surface area contributed by atoms with Crippen molar-refractivity contribution in [1.29, 1.82) is 0 Å². The zero-order chi connectivity index (χ0) is 34.6. The number of sulfonamides is 1. The molecule has 0 N–H and O–H groups in total. The molecule has 4 aromatic rings. The Bertz CT molecular complexity index is 1950. The van der Waals surface area contributed by atoms with Gasteiger partial charge in [-0.2, -0.15) is 0 Å². The van der Waals surface area contributed by atoms with Crippen LogP contribution in [0.5, 0.6) is 0 Å². The average Bonchev–Trinajstić information content (AvgIpc) is 3.04. The van der Waals surface area contributed by atoms with Gasteiger partial charge in [0, 0.05) is 46.1 Å². The van der Waals surface area contributed by atoms with Crippen LogP contribution in [0.25, 0.3) is 10.8 Å². The van der Waals surface area contributed by atoms with Gasteiger partial charge in [-0.1, -0.05) is 71.7 Å². The molecule has 0 aromatic heterocycles. The molecule has 0 spiro atoms. The van der Waals surface area contributed by atoms with Gasteiger partial charge >= 0.3 is 5.97 Å². The van der Waals surface area contributed by atoms with E-state index in [9.17, 15) is 22.8 Å². The fourth-order valence-electron chi connectivity index (χ4n) is 5.62. The zero-order valence-electron chi connectivity index (χ0n) is 26.9. The average molecular weight is 712 g/mol. The number of esters is 1. The number of halogens is 2. The van der Waals surface area contributed by atoms with Crippen LogP contribution in [0, 0.1) is 0 Å². The maximum Gasteiger partial charge on any atom is 0.327 e. The number of carbonyl (C=O) groups is 3. The third kappa shape index (κ3) is 8.18. The molecule has 0 aliphatic carbocycles. The second-order valence-corrected chi connectivity index (χ2v) is 15.1. The number of anilines is 1. The van der Waals surface area contributed by atoms with Crippen LogP contribution >= 0.6 is 23.2 Å². The van der Waals surface area contributed by atoms with Crippen molar-refractivity contribution in [3.63, 3.8) is 0 Å². The lowest BCUT2D eigenvalue weighted by Crippen LogP contribution is -2.41. The van der Waals surface area contributed by atoms with Gasteiger partial charge in [0.25, 0.3) is 15.9 Å². The third-order valence-electron chi connectivity index (χ3n) is 7.75. The Hall–Kier alpha value is -3.96. The number of hydrogen-bond donors (Lipinski definition) is 0. The molecule has 1 amide bonds. The van der Waals surface area contributed by atoms with E-state index in [0.29, 0.717) is 54.6 Å². The number of ketones is 1. The van der Waals surface area contributed by atoms with E-state index >= 15 is 0 Å². The molecule has 1 heterocycles. The van der Waals surface area contributed by atoms with Crippen molar-refractivity contribution >= 4 is 67.3 Å². The highest BCUT2D eigenvalue weighted by atomic mass is 35.5. The minimum absolute atomic E-state index is 0.0940. The fourth-order valence-corrected chi connectivity index (χ4v) is 7.77. The van der Waals surface area contributed by atoms with Crippen LogP contribution in [0.4, 0.5) is 5.69 Å². The first-order chi connectivity index (χ1) is 22.7. The Morgan fingerprint density at radius 2 is 1.48 bits per heavy atom. The Morgan fingerprint density at radius 3 is 2.17 bits per heavy atom. The molecule has 5 rings (SSSR count). The number of rotatable bonds is 10. The number of Topliss-reactive ketones (excluding diaryl/α,β-unsaturated/α-hetero) is 1. The van der Waals surface area contributed by atoms with E-state index in [-0.39, 0.29) is 38.7 Å². The number of carbonyl (C=O) groups excluding carboxylic acids is 3. The molecule has 4 aromatic carbocycles. The van der Waals surface area contributed by atoms with Crippen molar-refractivity contribution in [2.45, 2.75) is 44.1 Å². The van der Waals surface area contributed by atoms with Gasteiger partial charge in [-0.25, -0.2) is 8.42 Å². The number of aryl methyl sites for hydroxylation is 1. The van der Waals surface area contributed by atoms with Gasteiger partial charge in [-0.15, -0.1) is 0 Å². The topological polar surface area (TPSA) is 110 Å². The quantitative estimate of drug-likeness (QED) is 0.129. The van der Waals surface area contributed by atoms with Crippen molar-refractivity contribution in [2.75, 3.05) is 37.2 Å². The van der Waals surface area contributed by atoms with E-state index in [1.807, 2.05) is 12.1 Å². The smallest absolute Gasteiger partial charge is 0.327 e. The summed E-state index contributed by atoms with van der Waals surface area (Å²) in [5.41, 5.74) is 1.00. The Balaban J connectivity index is 1.49. The van der Waals surface area contributed by atoms with Crippen LogP contribution in [0.1, 0.15) is 53.5 Å². The van der Waals surface area contributed by atoms with E-state index in [1.165, 1.54) is 18.2 Å². The lowest BCUT2D eigenvalue weighted by molar-refractivity contribution is -0.152. The monoisotopic (exact) mass is 710 g/mol. The molecular weight excluding hydrogens is 675 g/mol. The van der Waals surface area contributed by atoms with Crippen molar-refractivity contribution in [2.24, 2.45) is 0 Å². The molecule has 12 heteroatoms. The van der Waals surface area contributed by atoms with Gasteiger partial charge < -0.3 is 14.4 Å². The number of nitrogens with zero attached hydrogens (tertiary/aromatic N) is 2. The van der Waals surface area contributed by atoms with E-state index in [2.05, 4.69) is 0 Å². The number of hydrogen-bond acceptors (Lipinski definition) is 7. The Morgan fingerprint density at radius 1 is 0.854 bits per heavy atom. The summed E-state index contributed by atoms with van der Waals surface area (Å²) in [6.45, 7) is 6.41. The minimum Gasteiger partial charge on any atom is -0.459 e. The second kappa shape index (κ2) is 14.7.